The van der Waals surface area contributed by atoms with Crippen molar-refractivity contribution in [3.05, 3.63) is 84.2 Å². The highest BCUT2D eigenvalue weighted by atomic mass is 28.3. The molecule has 0 radical (unpaired) electrons. The van der Waals surface area contributed by atoms with E-state index >= 15 is 0 Å². The summed E-state index contributed by atoms with van der Waals surface area (Å²) >= 11 is 0. The number of nitrogens with one attached hydrogen (secondary N) is 1. The van der Waals surface area contributed by atoms with E-state index in [1.54, 1.807) is 15.8 Å². The Labute approximate surface area is 426 Å². The standard InChI is InChI=1S/C32H48N8O4Si.C20H30N4O3/c1-22-18-39(26(23-12-10-9-11-13-23)19-38(22)31(43)32(2,3)20-37(4)5)30(42)29(41)36-25-17-34-28(33)24-16-35-40(27(24)25)21-44-14-15-45(6,7)8;1-14-11-24(18(26)17(21)25)16(15-9-7-6-8-10-15)12-23(14)19(27)20(2,3)13-22(4)5/h9-13,16-17,22,26H,14-15,18-21H2,1-8H3,(H2,33,34)(H,36,41);6-10,14,16H,11-13H2,1-5H3,(H2,21,25)/t22-,26-;14-,16-/m11/s1. The molecule has 0 spiro atoms. The number of nitrogen functional groups attached to an aromatic ring is 1. The van der Waals surface area contributed by atoms with E-state index in [9.17, 15) is 28.8 Å². The summed E-state index contributed by atoms with van der Waals surface area (Å²) in [7, 11) is 6.49. The van der Waals surface area contributed by atoms with Crippen molar-refractivity contribution in [2.45, 2.75) is 98.1 Å². The first-order chi connectivity index (χ1) is 33.6. The molecule has 4 heterocycles. The van der Waals surface area contributed by atoms with Crippen molar-refractivity contribution >= 4 is 65.9 Å². The van der Waals surface area contributed by atoms with E-state index in [2.05, 4.69) is 35.0 Å². The van der Waals surface area contributed by atoms with Gasteiger partial charge in [0.1, 0.15) is 12.5 Å². The first-order valence-corrected chi connectivity index (χ1v) is 28.3. The second-order valence-corrected chi connectivity index (χ2v) is 27.9. The Morgan fingerprint density at radius 1 is 0.708 bits per heavy atom. The lowest BCUT2D eigenvalue weighted by Gasteiger charge is -2.47. The van der Waals surface area contributed by atoms with Gasteiger partial charge in [-0.15, -0.1) is 0 Å². The highest BCUT2D eigenvalue weighted by Gasteiger charge is 2.45. The monoisotopic (exact) mass is 1010 g/mol. The number of nitrogens with zero attached hydrogens (tertiary/aromatic N) is 9. The number of hydrogen-bond acceptors (Lipinski definition) is 12. The first-order valence-electron chi connectivity index (χ1n) is 24.5. The molecule has 4 atom stereocenters. The Morgan fingerprint density at radius 3 is 1.60 bits per heavy atom. The van der Waals surface area contributed by atoms with Crippen molar-refractivity contribution in [1.29, 1.82) is 0 Å². The molecule has 2 fully saturated rings. The molecular formula is C52H78N12O7Si. The Bertz CT molecular complexity index is 2550. The number of carbonyl (C=O) groups excluding carboxylic acids is 6. The van der Waals surface area contributed by atoms with Crippen LogP contribution >= 0.6 is 0 Å². The minimum atomic E-state index is -1.27. The molecule has 4 aromatic rings. The van der Waals surface area contributed by atoms with Gasteiger partial charge in [0.2, 0.25) is 11.8 Å². The molecule has 19 nitrogen and oxygen atoms in total. The number of rotatable bonds is 14. The number of pyridine rings is 1. The lowest BCUT2D eigenvalue weighted by Crippen LogP contribution is -2.61. The molecule has 392 valence electrons. The lowest BCUT2D eigenvalue weighted by molar-refractivity contribution is -0.155. The van der Waals surface area contributed by atoms with Crippen LogP contribution in [0.15, 0.2) is 73.1 Å². The van der Waals surface area contributed by atoms with Gasteiger partial charge in [-0.05, 0) is 86.9 Å². The van der Waals surface area contributed by atoms with E-state index in [0.29, 0.717) is 42.8 Å². The van der Waals surface area contributed by atoms with Crippen LogP contribution in [0.4, 0.5) is 11.5 Å². The van der Waals surface area contributed by atoms with Gasteiger partial charge in [0.15, 0.2) is 0 Å². The number of piperazine rings is 2. The van der Waals surface area contributed by atoms with E-state index in [0.717, 1.165) is 17.2 Å². The van der Waals surface area contributed by atoms with Crippen LogP contribution in [-0.4, -0.2) is 174 Å². The summed E-state index contributed by atoms with van der Waals surface area (Å²) in [4.78, 5) is 93.4. The Kier molecular flexibility index (Phi) is 18.5. The molecule has 6 rings (SSSR count). The SMILES string of the molecule is C[C@@H]1CN(C(=O)C(=O)Nc2cnc(N)c3cnn(COCC[Si](C)(C)C)c23)[C@@H](c2ccccc2)CN1C(=O)C(C)(C)CN(C)C.C[C@@H]1CN(C(=O)C(N)=O)[C@@H](c2ccccc2)CN1C(=O)C(C)(C)CN(C)C. The molecule has 0 bridgehead atoms. The number of benzene rings is 2. The van der Waals surface area contributed by atoms with Gasteiger partial charge in [0, 0.05) is 66.0 Å². The molecule has 2 saturated heterocycles. The number of fused-ring (bicyclic) bond motifs is 1. The Balaban J connectivity index is 0.000000304. The minimum absolute atomic E-state index is 0.0110. The normalized spacial score (nSPS) is 18.8. The van der Waals surface area contributed by atoms with Crippen LogP contribution < -0.4 is 16.8 Å². The Morgan fingerprint density at radius 2 is 1.17 bits per heavy atom. The van der Waals surface area contributed by atoms with E-state index in [1.807, 2.05) is 150 Å². The molecule has 2 aromatic carbocycles. The number of carbonyl (C=O) groups is 6. The first kappa shape index (κ1) is 56.7. The van der Waals surface area contributed by atoms with Crippen molar-refractivity contribution in [2.24, 2.45) is 16.6 Å². The summed E-state index contributed by atoms with van der Waals surface area (Å²) in [6.07, 6.45) is 3.02. The second kappa shape index (κ2) is 23.5. The van der Waals surface area contributed by atoms with Gasteiger partial charge in [-0.25, -0.2) is 9.67 Å². The molecule has 2 aliphatic heterocycles. The van der Waals surface area contributed by atoms with Crippen molar-refractivity contribution in [2.75, 3.05) is 85.1 Å². The molecule has 0 aliphatic carbocycles. The van der Waals surface area contributed by atoms with Crippen LogP contribution in [0, 0.1) is 10.8 Å². The third kappa shape index (κ3) is 14.0. The number of anilines is 2. The average molecular weight is 1010 g/mol. The molecule has 6 amide bonds. The second-order valence-electron chi connectivity index (χ2n) is 22.3. The summed E-state index contributed by atoms with van der Waals surface area (Å²) in [5.41, 5.74) is 12.8. The predicted molar refractivity (Wildman–Crippen MR) is 283 cm³/mol. The molecule has 0 saturated carbocycles. The van der Waals surface area contributed by atoms with Crippen molar-refractivity contribution in [3.8, 4) is 0 Å². The molecule has 5 N–H and O–H groups in total. The van der Waals surface area contributed by atoms with Gasteiger partial charge >= 0.3 is 23.6 Å². The summed E-state index contributed by atoms with van der Waals surface area (Å²) < 4.78 is 7.52. The fourth-order valence-corrected chi connectivity index (χ4v) is 10.4. The summed E-state index contributed by atoms with van der Waals surface area (Å²) in [6.45, 7) is 21.4. The largest absolute Gasteiger partial charge is 0.383 e. The predicted octanol–water partition coefficient (Wildman–Crippen LogP) is 4.51. The van der Waals surface area contributed by atoms with E-state index in [-0.39, 0.29) is 56.1 Å². The molecule has 0 unspecified atom stereocenters. The average Bonchev–Trinajstić information content (AvgIpc) is 3.75. The maximum Gasteiger partial charge on any atom is 0.314 e. The molecule has 2 aliphatic rings. The van der Waals surface area contributed by atoms with Gasteiger partial charge in [-0.3, -0.25) is 28.8 Å². The van der Waals surface area contributed by atoms with Crippen LogP contribution in [-0.2, 0) is 40.2 Å². The van der Waals surface area contributed by atoms with Crippen molar-refractivity contribution in [3.63, 3.8) is 0 Å². The number of aromatic nitrogens is 3. The van der Waals surface area contributed by atoms with Crippen molar-refractivity contribution in [1.82, 2.24) is 44.2 Å². The topological polar surface area (TPSA) is 226 Å². The highest BCUT2D eigenvalue weighted by molar-refractivity contribution is 6.76. The van der Waals surface area contributed by atoms with Crippen LogP contribution in [0.1, 0.15) is 64.8 Å². The van der Waals surface area contributed by atoms with Gasteiger partial charge in [0.25, 0.3) is 0 Å². The van der Waals surface area contributed by atoms with E-state index in [1.165, 1.54) is 11.1 Å². The minimum Gasteiger partial charge on any atom is -0.383 e. The zero-order chi connectivity index (χ0) is 53.5. The maximum atomic E-state index is 13.9. The number of hydrogen-bond donors (Lipinski definition) is 3. The molecular weight excluding hydrogens is 933 g/mol. The van der Waals surface area contributed by atoms with E-state index < -0.39 is 54.6 Å². The number of nitrogens with two attached hydrogens (primary N) is 2. The van der Waals surface area contributed by atoms with Crippen LogP contribution in [0.25, 0.3) is 10.9 Å². The fraction of sp³-hybridized carbons (Fsp3) is 0.538. The lowest BCUT2D eigenvalue weighted by atomic mass is 9.88. The third-order valence-corrected chi connectivity index (χ3v) is 14.7. The number of ether oxygens (including phenoxy) is 1. The van der Waals surface area contributed by atoms with E-state index in [4.69, 9.17) is 16.2 Å². The zero-order valence-electron chi connectivity index (χ0n) is 44.6. The van der Waals surface area contributed by atoms with Crippen LogP contribution in [0.3, 0.4) is 0 Å². The third-order valence-electron chi connectivity index (χ3n) is 13.0. The number of amides is 6. The molecule has 20 heteroatoms. The van der Waals surface area contributed by atoms with Gasteiger partial charge < -0.3 is 50.9 Å². The number of primary amides is 1. The summed E-state index contributed by atoms with van der Waals surface area (Å²) in [5, 5.41) is 7.74. The zero-order valence-corrected chi connectivity index (χ0v) is 45.6. The smallest absolute Gasteiger partial charge is 0.314 e. The van der Waals surface area contributed by atoms with Gasteiger partial charge in [-0.1, -0.05) is 80.3 Å². The van der Waals surface area contributed by atoms with Crippen molar-refractivity contribution < 1.29 is 33.5 Å². The maximum absolute atomic E-state index is 13.9. The molecule has 2 aromatic heterocycles. The Hall–Kier alpha value is -6.22. The van der Waals surface area contributed by atoms with Gasteiger partial charge in [-0.2, -0.15) is 5.10 Å². The quantitative estimate of drug-likeness (QED) is 0.0902. The summed E-state index contributed by atoms with van der Waals surface area (Å²) in [5.74, 6) is -2.88. The van der Waals surface area contributed by atoms with Crippen LogP contribution in [0.2, 0.25) is 25.7 Å². The van der Waals surface area contributed by atoms with Crippen LogP contribution in [0.5, 0.6) is 0 Å². The fourth-order valence-electron chi connectivity index (χ4n) is 9.67. The highest BCUT2D eigenvalue weighted by Crippen LogP contribution is 2.34. The van der Waals surface area contributed by atoms with Gasteiger partial charge in [0.05, 0.1) is 51.9 Å². The molecule has 72 heavy (non-hydrogen) atoms. The summed E-state index contributed by atoms with van der Waals surface area (Å²) in [6, 6.07) is 18.5.